The zero-order valence-electron chi connectivity index (χ0n) is 7.34. The summed E-state index contributed by atoms with van der Waals surface area (Å²) in [6.45, 7) is 0.0828. The number of nitrogens with zero attached hydrogens (tertiary/aromatic N) is 2. The van der Waals surface area contributed by atoms with Gasteiger partial charge in [0.2, 0.25) is 12.6 Å². The van der Waals surface area contributed by atoms with Crippen molar-refractivity contribution < 1.29 is 9.72 Å². The van der Waals surface area contributed by atoms with E-state index in [0.29, 0.717) is 5.56 Å². The topological polar surface area (TPSA) is 72.6 Å². The predicted molar refractivity (Wildman–Crippen MR) is 49.0 cm³/mol. The summed E-state index contributed by atoms with van der Waals surface area (Å²) in [6.07, 6.45) is 1.43. The second kappa shape index (κ2) is 4.89. The molecule has 72 valence electrons. The van der Waals surface area contributed by atoms with E-state index in [-0.39, 0.29) is 13.1 Å². The maximum absolute atomic E-state index is 10.2. The molecule has 14 heavy (non-hydrogen) atoms. The van der Waals surface area contributed by atoms with Crippen LogP contribution < -0.4 is 0 Å². The van der Waals surface area contributed by atoms with Crippen molar-refractivity contribution >= 4 is 6.08 Å². The highest BCUT2D eigenvalue weighted by molar-refractivity contribution is 5.34. The molecule has 0 N–H and O–H groups in total. The number of aliphatic imine (C=N–C) groups is 1. The Hall–Kier alpha value is -2.00. The smallest absolute Gasteiger partial charge is 0.235 e. The van der Waals surface area contributed by atoms with Crippen LogP contribution in [0.4, 0.5) is 0 Å². The van der Waals surface area contributed by atoms with Gasteiger partial charge in [0, 0.05) is 10.5 Å². The highest BCUT2D eigenvalue weighted by atomic mass is 16.6. The summed E-state index contributed by atoms with van der Waals surface area (Å²) in [6, 6.07) is 6.72. The van der Waals surface area contributed by atoms with Gasteiger partial charge in [-0.25, -0.2) is 9.79 Å². The van der Waals surface area contributed by atoms with Crippen molar-refractivity contribution in [3.63, 3.8) is 0 Å². The van der Waals surface area contributed by atoms with Crippen LogP contribution in [0.3, 0.4) is 0 Å². The molecule has 5 heteroatoms. The standard InChI is InChI=1S/C9H8N2O3/c12-7-10-5-8-1-3-9(4-2-8)6-11(13)14/h1-4H,5-6H2. The van der Waals surface area contributed by atoms with Crippen LogP contribution in [-0.4, -0.2) is 11.0 Å². The maximum Gasteiger partial charge on any atom is 0.235 e. The molecule has 0 bridgehead atoms. The maximum atomic E-state index is 10.2. The summed E-state index contributed by atoms with van der Waals surface area (Å²) in [7, 11) is 0. The molecule has 0 fully saturated rings. The number of benzene rings is 1. The molecule has 0 spiro atoms. The van der Waals surface area contributed by atoms with Crippen LogP contribution >= 0.6 is 0 Å². The van der Waals surface area contributed by atoms with E-state index in [0.717, 1.165) is 5.56 Å². The second-order valence-electron chi connectivity index (χ2n) is 2.71. The summed E-state index contributed by atoms with van der Waals surface area (Å²) in [5.41, 5.74) is 1.47. The fraction of sp³-hybridized carbons (Fsp3) is 0.222. The molecule has 0 aliphatic rings. The normalized spacial score (nSPS) is 9.14. The van der Waals surface area contributed by atoms with E-state index in [1.807, 2.05) is 0 Å². The van der Waals surface area contributed by atoms with Crippen LogP contribution in [0.25, 0.3) is 0 Å². The van der Waals surface area contributed by atoms with E-state index in [1.54, 1.807) is 24.3 Å². The molecular weight excluding hydrogens is 184 g/mol. The first kappa shape index (κ1) is 10.1. The van der Waals surface area contributed by atoms with Gasteiger partial charge in [-0.05, 0) is 5.56 Å². The zero-order chi connectivity index (χ0) is 10.4. The summed E-state index contributed by atoms with van der Waals surface area (Å²) in [4.78, 5) is 23.0. The molecule has 0 unspecified atom stereocenters. The van der Waals surface area contributed by atoms with Crippen LogP contribution in [0.1, 0.15) is 11.1 Å². The minimum absolute atomic E-state index is 0.183. The summed E-state index contributed by atoms with van der Waals surface area (Å²) in [5.74, 6) is 0. The number of nitro groups is 1. The van der Waals surface area contributed by atoms with Gasteiger partial charge in [0.15, 0.2) is 0 Å². The van der Waals surface area contributed by atoms with Crippen molar-refractivity contribution in [2.24, 2.45) is 4.99 Å². The quantitative estimate of drug-likeness (QED) is 0.312. The van der Waals surface area contributed by atoms with Crippen molar-refractivity contribution in [3.8, 4) is 0 Å². The van der Waals surface area contributed by atoms with E-state index in [2.05, 4.69) is 4.99 Å². The Morgan fingerprint density at radius 1 is 1.29 bits per heavy atom. The lowest BCUT2D eigenvalue weighted by Crippen LogP contribution is -1.97. The Kier molecular flexibility index (Phi) is 3.52. The van der Waals surface area contributed by atoms with Crippen molar-refractivity contribution in [1.82, 2.24) is 0 Å². The minimum atomic E-state index is -0.390. The fourth-order valence-corrected chi connectivity index (χ4v) is 1.02. The van der Waals surface area contributed by atoms with Crippen molar-refractivity contribution in [2.45, 2.75) is 13.1 Å². The van der Waals surface area contributed by atoms with Crippen LogP contribution in [0, 0.1) is 10.1 Å². The third kappa shape index (κ3) is 3.16. The van der Waals surface area contributed by atoms with Crippen LogP contribution in [0.5, 0.6) is 0 Å². The Morgan fingerprint density at radius 2 is 1.86 bits per heavy atom. The van der Waals surface area contributed by atoms with Gasteiger partial charge in [0.1, 0.15) is 0 Å². The Bertz CT molecular complexity index is 343. The van der Waals surface area contributed by atoms with E-state index < -0.39 is 4.92 Å². The molecule has 0 saturated carbocycles. The minimum Gasteiger partial charge on any atom is -0.264 e. The fourth-order valence-electron chi connectivity index (χ4n) is 1.02. The van der Waals surface area contributed by atoms with E-state index in [9.17, 15) is 14.9 Å². The highest BCUT2D eigenvalue weighted by Crippen LogP contribution is 2.06. The molecule has 1 aromatic carbocycles. The predicted octanol–water partition coefficient (Wildman–Crippen LogP) is 1.30. The first-order valence-corrected chi connectivity index (χ1v) is 3.95. The van der Waals surface area contributed by atoms with Crippen LogP contribution in [0.15, 0.2) is 29.3 Å². The molecule has 5 nitrogen and oxygen atoms in total. The van der Waals surface area contributed by atoms with Crippen molar-refractivity contribution in [1.29, 1.82) is 0 Å². The molecule has 0 atom stereocenters. The van der Waals surface area contributed by atoms with Gasteiger partial charge in [0.25, 0.3) is 0 Å². The summed E-state index contributed by atoms with van der Waals surface area (Å²) < 4.78 is 0. The van der Waals surface area contributed by atoms with E-state index >= 15 is 0 Å². The Morgan fingerprint density at radius 3 is 2.36 bits per heavy atom. The second-order valence-corrected chi connectivity index (χ2v) is 2.71. The summed E-state index contributed by atoms with van der Waals surface area (Å²) in [5, 5.41) is 10.2. The molecule has 0 saturated heterocycles. The third-order valence-corrected chi connectivity index (χ3v) is 1.66. The number of hydrogen-bond donors (Lipinski definition) is 0. The third-order valence-electron chi connectivity index (χ3n) is 1.66. The molecule has 0 aliphatic heterocycles. The zero-order valence-corrected chi connectivity index (χ0v) is 7.34. The van der Waals surface area contributed by atoms with Gasteiger partial charge in [-0.15, -0.1) is 0 Å². The molecule has 0 amide bonds. The molecule has 0 aliphatic carbocycles. The van der Waals surface area contributed by atoms with Gasteiger partial charge in [-0.3, -0.25) is 10.1 Å². The lowest BCUT2D eigenvalue weighted by molar-refractivity contribution is -0.496. The Labute approximate surface area is 80.2 Å². The molecule has 0 radical (unpaired) electrons. The number of rotatable bonds is 4. The average Bonchev–Trinajstić information content (AvgIpc) is 2.16. The van der Waals surface area contributed by atoms with Crippen molar-refractivity contribution in [2.75, 3.05) is 0 Å². The van der Waals surface area contributed by atoms with Crippen LogP contribution in [-0.2, 0) is 17.9 Å². The molecule has 1 rings (SSSR count). The van der Waals surface area contributed by atoms with Gasteiger partial charge in [-0.2, -0.15) is 0 Å². The molecule has 0 heterocycles. The molecule has 0 aromatic heterocycles. The lowest BCUT2D eigenvalue weighted by Gasteiger charge is -1.97. The van der Waals surface area contributed by atoms with E-state index in [1.165, 1.54) is 6.08 Å². The van der Waals surface area contributed by atoms with Crippen LogP contribution in [0.2, 0.25) is 0 Å². The SMILES string of the molecule is O=C=NCc1ccc(C[N+](=O)[O-])cc1. The first-order chi connectivity index (χ1) is 6.72. The number of isocyanates is 1. The Balaban J connectivity index is 2.68. The summed E-state index contributed by atoms with van der Waals surface area (Å²) >= 11 is 0. The number of carbonyl (C=O) groups excluding carboxylic acids is 1. The largest absolute Gasteiger partial charge is 0.264 e. The van der Waals surface area contributed by atoms with Gasteiger partial charge in [-0.1, -0.05) is 24.3 Å². The molecular formula is C9H8N2O3. The number of hydrogen-bond acceptors (Lipinski definition) is 4. The first-order valence-electron chi connectivity index (χ1n) is 3.95. The van der Waals surface area contributed by atoms with Gasteiger partial charge >= 0.3 is 0 Å². The molecule has 1 aromatic rings. The van der Waals surface area contributed by atoms with Crippen molar-refractivity contribution in [3.05, 3.63) is 45.5 Å². The van der Waals surface area contributed by atoms with E-state index in [4.69, 9.17) is 0 Å². The van der Waals surface area contributed by atoms with Gasteiger partial charge in [0.05, 0.1) is 6.54 Å². The highest BCUT2D eigenvalue weighted by Gasteiger charge is 2.00. The average molecular weight is 192 g/mol. The monoisotopic (exact) mass is 192 g/mol. The van der Waals surface area contributed by atoms with Gasteiger partial charge < -0.3 is 0 Å². The lowest BCUT2D eigenvalue weighted by atomic mass is 10.1.